The topological polar surface area (TPSA) is 208 Å². The third-order valence-corrected chi connectivity index (χ3v) is 0.609. The molecule has 0 amide bonds. The monoisotopic (exact) mass is 350 g/mol. The summed E-state index contributed by atoms with van der Waals surface area (Å²) in [4.78, 5) is 65.1. The van der Waals surface area contributed by atoms with Crippen LogP contribution in [0.5, 0.6) is 0 Å². The van der Waals surface area contributed by atoms with Crippen molar-refractivity contribution >= 4 is 31.7 Å². The van der Waals surface area contributed by atoms with Gasteiger partial charge in [0.05, 0.1) is 0 Å². The van der Waals surface area contributed by atoms with Gasteiger partial charge in [0.1, 0.15) is 6.42 Å². The van der Waals surface area contributed by atoms with E-state index in [1.54, 1.807) is 0 Å². The molecule has 0 aromatic carbocycles. The van der Waals surface area contributed by atoms with Gasteiger partial charge in [-0.15, -0.1) is 0 Å². The molecule has 0 spiro atoms. The molecule has 0 heterocycles. The van der Waals surface area contributed by atoms with Crippen molar-refractivity contribution in [2.45, 2.75) is 6.42 Å². The van der Waals surface area contributed by atoms with E-state index in [1.165, 1.54) is 0 Å². The summed E-state index contributed by atoms with van der Waals surface area (Å²) in [5.41, 5.74) is 0. The fraction of sp³-hybridized carbons (Fsp3) is 0.200. The second kappa shape index (κ2) is 15.2. The molecule has 0 aromatic rings. The van der Waals surface area contributed by atoms with Crippen molar-refractivity contribution in [2.75, 3.05) is 0 Å². The Balaban J connectivity index is -0.000000103. The van der Waals surface area contributed by atoms with Crippen LogP contribution in [0, 0.1) is 0 Å². The van der Waals surface area contributed by atoms with Crippen molar-refractivity contribution in [1.29, 1.82) is 0 Å². The molecule has 16 heteroatoms. The number of phosphoric acid groups is 1. The zero-order chi connectivity index (χ0) is 16.9. The van der Waals surface area contributed by atoms with Crippen LogP contribution in [0.2, 0.25) is 0 Å². The maximum absolute atomic E-state index is 10.5. The van der Waals surface area contributed by atoms with Gasteiger partial charge in [-0.05, 0) is 0 Å². The molecule has 0 aromatic heterocycles. The van der Waals surface area contributed by atoms with Gasteiger partial charge in [-0.1, -0.05) is 0 Å². The van der Waals surface area contributed by atoms with Crippen molar-refractivity contribution < 1.29 is 97.1 Å². The smallest absolute Gasteiger partial charge is 0.756 e. The molecule has 0 rings (SSSR count). The minimum Gasteiger partial charge on any atom is -0.756 e. The predicted molar refractivity (Wildman–Crippen MR) is 46.3 cm³/mol. The molecule has 0 saturated carbocycles. The summed E-state index contributed by atoms with van der Waals surface area (Å²) in [5.74, 6) is -6.67. The number of halogens is 2. The zero-order valence-electron chi connectivity index (χ0n) is 9.97. The Labute approximate surface area is 135 Å². The quantitative estimate of drug-likeness (QED) is 0.159. The maximum Gasteiger partial charge on any atom is 1.00 e. The van der Waals surface area contributed by atoms with Crippen LogP contribution in [0.15, 0.2) is 0 Å². The van der Waals surface area contributed by atoms with Crippen LogP contribution < -0.4 is 34.5 Å². The maximum atomic E-state index is 10.5. The minimum atomic E-state index is -4.89. The van der Waals surface area contributed by atoms with E-state index in [9.17, 15) is 28.2 Å². The summed E-state index contributed by atoms with van der Waals surface area (Å²) in [6, 6.07) is 0. The molecule has 4 N–H and O–H groups in total. The van der Waals surface area contributed by atoms with Crippen LogP contribution in [0.1, 0.15) is 6.42 Å². The summed E-state index contributed by atoms with van der Waals surface area (Å²) in [6.07, 6.45) is -0.806. The molecular weight excluding hydrogens is 344 g/mol. The number of carboxylic acid groups (broad SMARTS) is 2. The Morgan fingerprint density at radius 3 is 1.19 bits per heavy atom. The van der Waals surface area contributed by atoms with Gasteiger partial charge in [0.2, 0.25) is 0 Å². The van der Waals surface area contributed by atoms with E-state index in [-0.39, 0.29) is 29.6 Å². The van der Waals surface area contributed by atoms with Crippen molar-refractivity contribution in [1.82, 2.24) is 0 Å². The average molecular weight is 350 g/mol. The Morgan fingerprint density at radius 2 is 1.14 bits per heavy atom. The van der Waals surface area contributed by atoms with E-state index in [0.29, 0.717) is 0 Å². The predicted octanol–water partition coefficient (Wildman–Crippen LogP) is -5.17. The number of aliphatic carboxylic acids is 2. The molecule has 21 heavy (non-hydrogen) atoms. The van der Waals surface area contributed by atoms with Gasteiger partial charge >= 0.3 is 53.4 Å². The summed E-state index contributed by atoms with van der Waals surface area (Å²) in [6.45, 7) is 0. The normalized spacial score (nSPS) is 8.43. The molecule has 0 aliphatic carbocycles. The van der Waals surface area contributed by atoms with E-state index >= 15 is 0 Å². The number of hydrogen-bond acceptors (Lipinski definition) is 8. The van der Waals surface area contributed by atoms with Crippen molar-refractivity contribution in [2.24, 2.45) is 0 Å². The number of rotatable bonds is 2. The zero-order valence-corrected chi connectivity index (χ0v) is 12.9. The molecule has 0 aliphatic heterocycles. The molecule has 0 aliphatic rings. The van der Waals surface area contributed by atoms with Crippen LogP contribution in [0.25, 0.3) is 0 Å². The van der Waals surface area contributed by atoms with Crippen LogP contribution in [0.4, 0.5) is 9.05 Å². The summed E-state index contributed by atoms with van der Waals surface area (Å²) < 4.78 is 29.8. The Morgan fingerprint density at radius 1 is 0.952 bits per heavy atom. The first-order valence-electron chi connectivity index (χ1n) is 3.70. The molecule has 0 unspecified atom stereocenters. The van der Waals surface area contributed by atoms with E-state index in [4.69, 9.17) is 29.5 Å². The van der Waals surface area contributed by atoms with Gasteiger partial charge in [-0.3, -0.25) is 14.2 Å². The molecular formula is C5H6F2NaO12P. The number of carbonyl (C=O) groups excluding carboxylic acids is 2. The third kappa shape index (κ3) is 45.5. The molecule has 0 saturated heterocycles. The molecule has 118 valence electrons. The largest absolute Gasteiger partial charge is 1.00 e. The number of carbonyl (C=O) groups is 4. The molecule has 12 nitrogen and oxygen atoms in total. The van der Waals surface area contributed by atoms with Gasteiger partial charge in [0, 0.05) is 9.05 Å². The number of hydrogen-bond donors (Lipinski definition) is 4. The average Bonchev–Trinajstić information content (AvgIpc) is 2.23. The summed E-state index contributed by atoms with van der Waals surface area (Å²) in [5, 5.41) is 15.4. The van der Waals surface area contributed by atoms with Crippen LogP contribution in [-0.4, -0.2) is 43.9 Å². The van der Waals surface area contributed by atoms with E-state index < -0.39 is 38.1 Å². The first-order valence-corrected chi connectivity index (χ1v) is 5.23. The fourth-order valence-corrected chi connectivity index (χ4v) is 0.192. The summed E-state index contributed by atoms with van der Waals surface area (Å²) >= 11 is 0. The first kappa shape index (κ1) is 28.1. The molecule has 0 bridgehead atoms. The standard InChI is InChI=1S/C3H4O4.C2F2O4.Na.H3O4P/c4-2(5)1-3(6)7;3-7-1(5)2(6)8-4;;1-5(2,3)4/h1H2,(H,4,5)(H,6,7);;;(H3,1,2,3,4)/q;;+1;/p-1. The minimum absolute atomic E-state index is 0. The van der Waals surface area contributed by atoms with E-state index in [2.05, 4.69) is 9.88 Å². The Hall–Kier alpha value is -1.15. The molecule has 0 atom stereocenters. The van der Waals surface area contributed by atoms with Gasteiger partial charge in [-0.25, -0.2) is 19.5 Å². The fourth-order valence-electron chi connectivity index (χ4n) is 0.192. The van der Waals surface area contributed by atoms with Crippen molar-refractivity contribution in [3.8, 4) is 0 Å². The van der Waals surface area contributed by atoms with Gasteiger partial charge in [-0.2, -0.15) is 0 Å². The molecule has 0 radical (unpaired) electrons. The van der Waals surface area contributed by atoms with Crippen LogP contribution in [-0.2, 0) is 33.6 Å². The van der Waals surface area contributed by atoms with Crippen molar-refractivity contribution in [3.63, 3.8) is 0 Å². The first-order chi connectivity index (χ1) is 8.84. The SMILES string of the molecule is O=C(O)CC(=O)O.O=C(OF)C(=O)OF.O=P([O-])(O)O.[Na+]. The van der Waals surface area contributed by atoms with Crippen LogP contribution >= 0.6 is 7.82 Å². The second-order valence-electron chi connectivity index (χ2n) is 2.18. The summed E-state index contributed by atoms with van der Waals surface area (Å²) in [7, 11) is -4.89. The van der Waals surface area contributed by atoms with E-state index in [1.807, 2.05) is 0 Å². The third-order valence-electron chi connectivity index (χ3n) is 0.609. The Kier molecular flexibility index (Phi) is 20.4. The van der Waals surface area contributed by atoms with E-state index in [0.717, 1.165) is 0 Å². The van der Waals surface area contributed by atoms with Crippen LogP contribution in [0.3, 0.4) is 0 Å². The van der Waals surface area contributed by atoms with Gasteiger partial charge < -0.3 is 24.9 Å². The van der Waals surface area contributed by atoms with Crippen molar-refractivity contribution in [3.05, 3.63) is 0 Å². The van der Waals surface area contributed by atoms with Gasteiger partial charge in [0.25, 0.3) is 7.82 Å². The molecule has 0 fully saturated rings. The van der Waals surface area contributed by atoms with Gasteiger partial charge in [0.15, 0.2) is 0 Å². The second-order valence-corrected chi connectivity index (χ2v) is 3.17. The Bertz CT molecular complexity index is 359. The number of carboxylic acids is 2.